The van der Waals surface area contributed by atoms with Crippen LogP contribution in [0.2, 0.25) is 0 Å². The summed E-state index contributed by atoms with van der Waals surface area (Å²) < 4.78 is 0. The largest absolute Gasteiger partial charge is 0.392 e. The Morgan fingerprint density at radius 3 is 2.40 bits per heavy atom. The highest BCUT2D eigenvalue weighted by atomic mass is 16.3. The molecule has 1 rings (SSSR count). The number of hydrogen-bond donors (Lipinski definition) is 2. The van der Waals surface area contributed by atoms with Crippen molar-refractivity contribution in [2.24, 2.45) is 0 Å². The molecule has 1 fully saturated rings. The molecule has 0 aromatic carbocycles. The highest BCUT2D eigenvalue weighted by Crippen LogP contribution is 2.30. The van der Waals surface area contributed by atoms with E-state index in [1.54, 1.807) is 12.2 Å². The summed E-state index contributed by atoms with van der Waals surface area (Å²) in [5.41, 5.74) is -0.595. The summed E-state index contributed by atoms with van der Waals surface area (Å²) in [4.78, 5) is 0. The van der Waals surface area contributed by atoms with Crippen molar-refractivity contribution in [3.8, 4) is 0 Å². The molecule has 1 aliphatic rings. The lowest BCUT2D eigenvalue weighted by molar-refractivity contribution is 0.0984. The zero-order valence-electron chi connectivity index (χ0n) is 6.08. The van der Waals surface area contributed by atoms with Crippen LogP contribution in [0.4, 0.5) is 0 Å². The molecule has 10 heavy (non-hydrogen) atoms. The fraction of sp³-hybridized carbons (Fsp3) is 0.750. The minimum atomic E-state index is -0.595. The molecular weight excluding hydrogens is 128 g/mol. The Morgan fingerprint density at radius 2 is 1.90 bits per heavy atom. The van der Waals surface area contributed by atoms with Crippen molar-refractivity contribution in [2.45, 2.75) is 31.3 Å². The first-order chi connectivity index (χ1) is 4.77. The molecule has 0 bridgehead atoms. The van der Waals surface area contributed by atoms with Crippen LogP contribution in [0.25, 0.3) is 0 Å². The molecule has 0 heterocycles. The highest BCUT2D eigenvalue weighted by Gasteiger charge is 2.27. The Morgan fingerprint density at radius 1 is 1.30 bits per heavy atom. The molecule has 2 nitrogen and oxygen atoms in total. The molecule has 0 amide bonds. The van der Waals surface area contributed by atoms with E-state index in [4.69, 9.17) is 5.11 Å². The Hall–Kier alpha value is -0.340. The van der Waals surface area contributed by atoms with E-state index in [2.05, 4.69) is 0 Å². The molecule has 2 heteroatoms. The second-order valence-electron chi connectivity index (χ2n) is 2.90. The first kappa shape index (κ1) is 7.76. The van der Waals surface area contributed by atoms with Gasteiger partial charge in [-0.1, -0.05) is 25.0 Å². The fourth-order valence-electron chi connectivity index (χ4n) is 1.43. The van der Waals surface area contributed by atoms with E-state index < -0.39 is 5.60 Å². The number of hydrogen-bond acceptors (Lipinski definition) is 2. The summed E-state index contributed by atoms with van der Waals surface area (Å²) >= 11 is 0. The van der Waals surface area contributed by atoms with Gasteiger partial charge >= 0.3 is 0 Å². The van der Waals surface area contributed by atoms with E-state index in [0.29, 0.717) is 0 Å². The van der Waals surface area contributed by atoms with Crippen molar-refractivity contribution in [2.75, 3.05) is 6.61 Å². The van der Waals surface area contributed by atoms with Crippen LogP contribution in [0.15, 0.2) is 12.2 Å². The molecule has 2 N–H and O–H groups in total. The van der Waals surface area contributed by atoms with Gasteiger partial charge in [-0.05, 0) is 12.8 Å². The van der Waals surface area contributed by atoms with E-state index >= 15 is 0 Å². The SMILES string of the molecule is OC/C=C/C1(O)CCCC1. The minimum Gasteiger partial charge on any atom is -0.392 e. The molecule has 0 saturated heterocycles. The van der Waals surface area contributed by atoms with Crippen molar-refractivity contribution in [3.05, 3.63) is 12.2 Å². The van der Waals surface area contributed by atoms with Crippen LogP contribution < -0.4 is 0 Å². The summed E-state index contributed by atoms with van der Waals surface area (Å²) in [6.07, 6.45) is 7.25. The van der Waals surface area contributed by atoms with Crippen molar-refractivity contribution in [1.29, 1.82) is 0 Å². The van der Waals surface area contributed by atoms with Gasteiger partial charge in [0.1, 0.15) is 0 Å². The van der Waals surface area contributed by atoms with Gasteiger partial charge in [-0.25, -0.2) is 0 Å². The van der Waals surface area contributed by atoms with Crippen molar-refractivity contribution < 1.29 is 10.2 Å². The minimum absolute atomic E-state index is 0.0301. The van der Waals surface area contributed by atoms with Gasteiger partial charge < -0.3 is 10.2 Å². The van der Waals surface area contributed by atoms with Gasteiger partial charge in [0.2, 0.25) is 0 Å². The zero-order chi connectivity index (χ0) is 7.45. The maximum absolute atomic E-state index is 9.62. The molecular formula is C8H14O2. The third kappa shape index (κ3) is 1.82. The first-order valence-electron chi connectivity index (χ1n) is 3.78. The maximum atomic E-state index is 9.62. The third-order valence-corrected chi connectivity index (χ3v) is 2.00. The van der Waals surface area contributed by atoms with Gasteiger partial charge in [-0.2, -0.15) is 0 Å². The Bertz CT molecular complexity index is 123. The molecule has 0 aromatic heterocycles. The van der Waals surface area contributed by atoms with Crippen LogP contribution in [-0.2, 0) is 0 Å². The van der Waals surface area contributed by atoms with Crippen molar-refractivity contribution in [1.82, 2.24) is 0 Å². The van der Waals surface area contributed by atoms with Gasteiger partial charge in [0.15, 0.2) is 0 Å². The lowest BCUT2D eigenvalue weighted by atomic mass is 10.0. The Labute approximate surface area is 61.2 Å². The summed E-state index contributed by atoms with van der Waals surface area (Å²) in [5.74, 6) is 0. The molecule has 1 saturated carbocycles. The fourth-order valence-corrected chi connectivity index (χ4v) is 1.43. The summed E-state index contributed by atoms with van der Waals surface area (Å²) in [6.45, 7) is 0.0301. The van der Waals surface area contributed by atoms with E-state index in [1.165, 1.54) is 0 Å². The lowest BCUT2D eigenvalue weighted by Gasteiger charge is -2.15. The van der Waals surface area contributed by atoms with Gasteiger partial charge in [0.05, 0.1) is 12.2 Å². The van der Waals surface area contributed by atoms with E-state index in [-0.39, 0.29) is 6.61 Å². The van der Waals surface area contributed by atoms with Crippen LogP contribution in [0.5, 0.6) is 0 Å². The standard InChI is InChI=1S/C8H14O2/c9-7-3-6-8(10)4-1-2-5-8/h3,6,9-10H,1-2,4-5,7H2/b6-3+. The van der Waals surface area contributed by atoms with E-state index in [0.717, 1.165) is 25.7 Å². The third-order valence-electron chi connectivity index (χ3n) is 2.00. The lowest BCUT2D eigenvalue weighted by Crippen LogP contribution is -2.20. The molecule has 0 aliphatic heterocycles. The molecule has 0 unspecified atom stereocenters. The van der Waals surface area contributed by atoms with Gasteiger partial charge in [0, 0.05) is 0 Å². The normalized spacial score (nSPS) is 24.2. The topological polar surface area (TPSA) is 40.5 Å². The van der Waals surface area contributed by atoms with Gasteiger partial charge in [0.25, 0.3) is 0 Å². The highest BCUT2D eigenvalue weighted by molar-refractivity contribution is 5.03. The van der Waals surface area contributed by atoms with Crippen molar-refractivity contribution in [3.63, 3.8) is 0 Å². The molecule has 0 radical (unpaired) electrons. The summed E-state index contributed by atoms with van der Waals surface area (Å²) in [7, 11) is 0. The van der Waals surface area contributed by atoms with Gasteiger partial charge in [-0.15, -0.1) is 0 Å². The zero-order valence-corrected chi connectivity index (χ0v) is 6.08. The predicted molar refractivity (Wildman–Crippen MR) is 39.6 cm³/mol. The summed E-state index contributed by atoms with van der Waals surface area (Å²) in [6, 6.07) is 0. The van der Waals surface area contributed by atoms with E-state index in [1.807, 2.05) is 0 Å². The monoisotopic (exact) mass is 142 g/mol. The smallest absolute Gasteiger partial charge is 0.0828 e. The number of aliphatic hydroxyl groups excluding tert-OH is 1. The van der Waals surface area contributed by atoms with Crippen LogP contribution in [0, 0.1) is 0 Å². The molecule has 1 aliphatic carbocycles. The second-order valence-corrected chi connectivity index (χ2v) is 2.90. The van der Waals surface area contributed by atoms with E-state index in [9.17, 15) is 5.11 Å². The predicted octanol–water partition coefficient (Wildman–Crippen LogP) is 0.840. The molecule has 0 spiro atoms. The van der Waals surface area contributed by atoms with Crippen molar-refractivity contribution >= 4 is 0 Å². The second kappa shape index (κ2) is 3.17. The van der Waals surface area contributed by atoms with Crippen LogP contribution in [-0.4, -0.2) is 22.4 Å². The maximum Gasteiger partial charge on any atom is 0.0828 e. The van der Waals surface area contributed by atoms with Gasteiger partial charge in [-0.3, -0.25) is 0 Å². The Balaban J connectivity index is 2.43. The molecule has 0 aromatic rings. The summed E-state index contributed by atoms with van der Waals surface area (Å²) in [5, 5.41) is 18.1. The van der Waals surface area contributed by atoms with Crippen LogP contribution >= 0.6 is 0 Å². The number of rotatable bonds is 2. The quantitative estimate of drug-likeness (QED) is 0.561. The Kier molecular flexibility index (Phi) is 2.46. The molecule has 0 atom stereocenters. The molecule has 58 valence electrons. The van der Waals surface area contributed by atoms with Crippen LogP contribution in [0.1, 0.15) is 25.7 Å². The average Bonchev–Trinajstić information content (AvgIpc) is 2.33. The van der Waals surface area contributed by atoms with Crippen LogP contribution in [0.3, 0.4) is 0 Å². The first-order valence-corrected chi connectivity index (χ1v) is 3.78. The average molecular weight is 142 g/mol. The number of aliphatic hydroxyl groups is 2.